The number of rotatable bonds is 8. The Balaban J connectivity index is 1.58. The van der Waals surface area contributed by atoms with Gasteiger partial charge < -0.3 is 19.8 Å². The number of carboxylic acid groups (broad SMARTS) is 1. The summed E-state index contributed by atoms with van der Waals surface area (Å²) in [5, 5.41) is 20.6. The number of ether oxygens (including phenoxy) is 1. The van der Waals surface area contributed by atoms with Crippen molar-refractivity contribution in [1.29, 1.82) is 0 Å². The maximum absolute atomic E-state index is 15.0. The molecule has 0 unspecified atom stereocenters. The van der Waals surface area contributed by atoms with Gasteiger partial charge in [-0.05, 0) is 11.1 Å². The number of benzene rings is 2. The third kappa shape index (κ3) is 5.02. The summed E-state index contributed by atoms with van der Waals surface area (Å²) >= 11 is 0. The highest BCUT2D eigenvalue weighted by Gasteiger charge is 2.38. The average molecular weight is 451 g/mol. The minimum absolute atomic E-state index is 0.181. The van der Waals surface area contributed by atoms with Crippen LogP contribution in [0.5, 0.6) is 0 Å². The van der Waals surface area contributed by atoms with E-state index in [1.165, 1.54) is 0 Å². The van der Waals surface area contributed by atoms with Gasteiger partial charge in [0.05, 0.1) is 19.0 Å². The van der Waals surface area contributed by atoms with Crippen LogP contribution in [0.1, 0.15) is 29.7 Å². The monoisotopic (exact) mass is 451 g/mol. The molecule has 4 rings (SSSR count). The van der Waals surface area contributed by atoms with Crippen molar-refractivity contribution in [2.45, 2.75) is 24.1 Å². The molecule has 0 atom stereocenters. The van der Waals surface area contributed by atoms with E-state index in [1.54, 1.807) is 12.4 Å². The Morgan fingerprint density at radius 3 is 2.15 bits per heavy atom. The number of hydrogen-bond donors (Lipinski definition) is 2. The highest BCUT2D eigenvalue weighted by molar-refractivity contribution is 5.68. The van der Waals surface area contributed by atoms with Crippen LogP contribution in [0.3, 0.4) is 0 Å². The van der Waals surface area contributed by atoms with Crippen molar-refractivity contribution in [3.63, 3.8) is 0 Å². The van der Waals surface area contributed by atoms with Crippen LogP contribution in [0, 0.1) is 0 Å². The number of aliphatic carboxylic acids is 1. The predicted molar refractivity (Wildman–Crippen MR) is 121 cm³/mol. The second-order valence-corrected chi connectivity index (χ2v) is 8.23. The van der Waals surface area contributed by atoms with Crippen LogP contribution in [0.2, 0.25) is 0 Å². The molecule has 0 saturated carbocycles. The first-order valence-corrected chi connectivity index (χ1v) is 10.8. The minimum atomic E-state index is -1.58. The molecule has 0 radical (unpaired) electrons. The number of hydrogen-bond acceptors (Lipinski definition) is 6. The Morgan fingerprint density at radius 1 is 1.03 bits per heavy atom. The SMILES string of the molecule is O=C(O)COCC1(F)CCN(c2cncc(C(O)(c3ccccc3)c3ccccc3)n2)CC1. The highest BCUT2D eigenvalue weighted by Crippen LogP contribution is 2.36. The van der Waals surface area contributed by atoms with Crippen molar-refractivity contribution in [2.75, 3.05) is 31.2 Å². The lowest BCUT2D eigenvalue weighted by Gasteiger charge is -2.37. The van der Waals surface area contributed by atoms with Gasteiger partial charge in [0, 0.05) is 25.9 Å². The van der Waals surface area contributed by atoms with Crippen molar-refractivity contribution in [3.8, 4) is 0 Å². The first-order chi connectivity index (χ1) is 15.9. The Hall–Kier alpha value is -3.36. The van der Waals surface area contributed by atoms with E-state index < -0.39 is 23.8 Å². The van der Waals surface area contributed by atoms with Crippen molar-refractivity contribution in [3.05, 3.63) is 89.9 Å². The zero-order valence-corrected chi connectivity index (χ0v) is 18.1. The van der Waals surface area contributed by atoms with E-state index >= 15 is 4.39 Å². The number of carbonyl (C=O) groups is 1. The van der Waals surface area contributed by atoms with Crippen LogP contribution in [0.25, 0.3) is 0 Å². The first kappa shape index (κ1) is 22.8. The Labute approximate surface area is 191 Å². The third-order valence-electron chi connectivity index (χ3n) is 5.95. The summed E-state index contributed by atoms with van der Waals surface area (Å²) in [5.74, 6) is -0.571. The van der Waals surface area contributed by atoms with Gasteiger partial charge in [-0.2, -0.15) is 0 Å². The van der Waals surface area contributed by atoms with Crippen molar-refractivity contribution in [2.24, 2.45) is 0 Å². The van der Waals surface area contributed by atoms with E-state index in [4.69, 9.17) is 14.8 Å². The summed E-state index contributed by atoms with van der Waals surface area (Å²) in [5.41, 5.74) is -1.37. The molecule has 172 valence electrons. The minimum Gasteiger partial charge on any atom is -0.480 e. The molecule has 0 bridgehead atoms. The van der Waals surface area contributed by atoms with E-state index in [-0.39, 0.29) is 19.4 Å². The number of piperidine rings is 1. The normalized spacial score (nSPS) is 15.9. The summed E-state index contributed by atoms with van der Waals surface area (Å²) in [4.78, 5) is 21.6. The van der Waals surface area contributed by atoms with Gasteiger partial charge in [0.25, 0.3) is 0 Å². The predicted octanol–water partition coefficient (Wildman–Crippen LogP) is 3.17. The fourth-order valence-electron chi connectivity index (χ4n) is 4.11. The average Bonchev–Trinajstić information content (AvgIpc) is 2.85. The summed E-state index contributed by atoms with van der Waals surface area (Å²) < 4.78 is 20.0. The van der Waals surface area contributed by atoms with Crippen LogP contribution in [-0.4, -0.2) is 58.1 Å². The van der Waals surface area contributed by atoms with E-state index in [0.29, 0.717) is 35.7 Å². The van der Waals surface area contributed by atoms with Crippen LogP contribution in [0.15, 0.2) is 73.1 Å². The quantitative estimate of drug-likeness (QED) is 0.543. The molecule has 8 heteroatoms. The Kier molecular flexibility index (Phi) is 6.67. The lowest BCUT2D eigenvalue weighted by Crippen LogP contribution is -2.45. The molecular weight excluding hydrogens is 425 g/mol. The molecule has 1 aliphatic heterocycles. The van der Waals surface area contributed by atoms with Gasteiger partial charge in [-0.3, -0.25) is 4.98 Å². The van der Waals surface area contributed by atoms with Gasteiger partial charge >= 0.3 is 5.97 Å². The van der Waals surface area contributed by atoms with Crippen molar-refractivity contribution in [1.82, 2.24) is 9.97 Å². The summed E-state index contributed by atoms with van der Waals surface area (Å²) in [6, 6.07) is 18.6. The van der Waals surface area contributed by atoms with Gasteiger partial charge in [-0.1, -0.05) is 60.7 Å². The highest BCUT2D eigenvalue weighted by atomic mass is 19.1. The molecule has 1 saturated heterocycles. The van der Waals surface area contributed by atoms with Crippen LogP contribution >= 0.6 is 0 Å². The molecule has 0 spiro atoms. The smallest absolute Gasteiger partial charge is 0.329 e. The van der Waals surface area contributed by atoms with Gasteiger partial charge in [0.2, 0.25) is 0 Å². The number of alkyl halides is 1. The van der Waals surface area contributed by atoms with Crippen LogP contribution in [-0.2, 0) is 15.1 Å². The molecule has 7 nitrogen and oxygen atoms in total. The molecule has 1 aliphatic rings. The maximum atomic E-state index is 15.0. The second-order valence-electron chi connectivity index (χ2n) is 8.23. The molecule has 0 amide bonds. The number of aromatic nitrogens is 2. The largest absolute Gasteiger partial charge is 0.480 e. The molecule has 1 fully saturated rings. The molecule has 2 N–H and O–H groups in total. The summed E-state index contributed by atoms with van der Waals surface area (Å²) in [6.45, 7) is -0.0125. The molecule has 33 heavy (non-hydrogen) atoms. The number of nitrogens with zero attached hydrogens (tertiary/aromatic N) is 3. The molecule has 2 heterocycles. The number of anilines is 1. The molecule has 3 aromatic rings. The zero-order valence-electron chi connectivity index (χ0n) is 18.1. The number of aliphatic hydroxyl groups is 1. The number of halogens is 1. The Bertz CT molecular complexity index is 1030. The van der Waals surface area contributed by atoms with Gasteiger partial charge in [-0.25, -0.2) is 14.2 Å². The van der Waals surface area contributed by atoms with E-state index in [1.807, 2.05) is 65.6 Å². The molecule has 2 aromatic carbocycles. The van der Waals surface area contributed by atoms with Gasteiger partial charge in [0.1, 0.15) is 23.8 Å². The standard InChI is InChI=1S/C25H26FN3O4/c26-24(18-33-17-23(30)31)11-13-29(14-12-24)22-16-27-15-21(28-22)25(32,19-7-3-1-4-8-19)20-9-5-2-6-10-20/h1-10,15-16,32H,11-14,17-18H2,(H,30,31). The number of carboxylic acids is 1. The second kappa shape index (κ2) is 9.64. The van der Waals surface area contributed by atoms with Gasteiger partial charge in [-0.15, -0.1) is 0 Å². The van der Waals surface area contributed by atoms with Crippen molar-refractivity contribution >= 4 is 11.8 Å². The maximum Gasteiger partial charge on any atom is 0.329 e. The molecule has 0 aliphatic carbocycles. The Morgan fingerprint density at radius 2 is 1.61 bits per heavy atom. The van der Waals surface area contributed by atoms with Gasteiger partial charge in [0.15, 0.2) is 5.60 Å². The van der Waals surface area contributed by atoms with E-state index in [0.717, 1.165) is 0 Å². The van der Waals surface area contributed by atoms with E-state index in [9.17, 15) is 9.90 Å². The summed E-state index contributed by atoms with van der Waals surface area (Å²) in [7, 11) is 0. The fourth-order valence-corrected chi connectivity index (χ4v) is 4.11. The first-order valence-electron chi connectivity index (χ1n) is 10.8. The molecular formula is C25H26FN3O4. The lowest BCUT2D eigenvalue weighted by atomic mass is 9.83. The van der Waals surface area contributed by atoms with Crippen LogP contribution < -0.4 is 4.90 Å². The van der Waals surface area contributed by atoms with Crippen LogP contribution in [0.4, 0.5) is 10.2 Å². The lowest BCUT2D eigenvalue weighted by molar-refractivity contribution is -0.144. The topological polar surface area (TPSA) is 95.8 Å². The third-order valence-corrected chi connectivity index (χ3v) is 5.95. The molecule has 1 aromatic heterocycles. The fraction of sp³-hybridized carbons (Fsp3) is 0.320. The summed E-state index contributed by atoms with van der Waals surface area (Å²) in [6.07, 6.45) is 3.51. The zero-order chi connectivity index (χ0) is 23.3. The van der Waals surface area contributed by atoms with Crippen molar-refractivity contribution < 1.29 is 24.1 Å². The van der Waals surface area contributed by atoms with E-state index in [2.05, 4.69) is 4.98 Å².